The van der Waals surface area contributed by atoms with Crippen LogP contribution in [0.15, 0.2) is 116 Å². The van der Waals surface area contributed by atoms with E-state index >= 15 is 0 Å². The lowest BCUT2D eigenvalue weighted by atomic mass is 9.77. The topological polar surface area (TPSA) is 70.1 Å². The molecule has 0 aromatic heterocycles. The zero-order valence-corrected chi connectivity index (χ0v) is 27.8. The minimum absolute atomic E-state index is 0.0729. The number of aromatic nitrogens is 2. The summed E-state index contributed by atoms with van der Waals surface area (Å²) in [4.78, 5) is 16.7. The predicted octanol–water partition coefficient (Wildman–Crippen LogP) is 8.59. The molecule has 2 aliphatic heterocycles. The first-order chi connectivity index (χ1) is 24.6. The number of aryl methyl sites for hydroxylation is 1. The van der Waals surface area contributed by atoms with Crippen LogP contribution in [0.5, 0.6) is 0 Å². The van der Waals surface area contributed by atoms with Gasteiger partial charge in [0.25, 0.3) is 0 Å². The normalized spacial score (nSPS) is 15.0. The molecule has 2 N–H and O–H groups in total. The number of nitrogens with two attached hydrogens (primary N) is 1. The summed E-state index contributed by atoms with van der Waals surface area (Å²) in [6.07, 6.45) is 12.5. The Balaban J connectivity index is 0.000000146. The molecule has 5 aromatic rings. The van der Waals surface area contributed by atoms with Gasteiger partial charge >= 0.3 is 6.09 Å². The lowest BCUT2D eigenvalue weighted by molar-refractivity contribution is 0.141. The van der Waals surface area contributed by atoms with Crippen LogP contribution < -0.4 is 16.2 Å². The van der Waals surface area contributed by atoms with E-state index in [0.29, 0.717) is 12.5 Å². The van der Waals surface area contributed by atoms with Gasteiger partial charge in [-0.3, -0.25) is 4.57 Å². The second-order valence-electron chi connectivity index (χ2n) is 13.1. The van der Waals surface area contributed by atoms with Gasteiger partial charge in [-0.1, -0.05) is 97.1 Å². The maximum absolute atomic E-state index is 14.8. The van der Waals surface area contributed by atoms with Crippen LogP contribution in [0.3, 0.4) is 0 Å². The van der Waals surface area contributed by atoms with Crippen LogP contribution in [0.2, 0.25) is 0 Å². The molecule has 248 valence electrons. The van der Waals surface area contributed by atoms with Gasteiger partial charge < -0.3 is 10.5 Å². The van der Waals surface area contributed by atoms with Gasteiger partial charge in [0.15, 0.2) is 0 Å². The third-order valence-electron chi connectivity index (χ3n) is 10.1. The molecule has 1 atom stereocenters. The molecule has 6 heteroatoms. The van der Waals surface area contributed by atoms with Gasteiger partial charge in [-0.15, -0.1) is 0 Å². The van der Waals surface area contributed by atoms with Gasteiger partial charge in [0.2, 0.25) is 0 Å². The van der Waals surface area contributed by atoms with Crippen molar-refractivity contribution in [3.63, 3.8) is 0 Å². The quantitative estimate of drug-likeness (QED) is 0.206. The highest BCUT2D eigenvalue weighted by atomic mass is 19.1. The van der Waals surface area contributed by atoms with Crippen molar-refractivity contribution >= 4 is 39.9 Å². The molecular formula is C44H38FN3O2. The van der Waals surface area contributed by atoms with Gasteiger partial charge in [0.1, 0.15) is 12.4 Å². The summed E-state index contributed by atoms with van der Waals surface area (Å²) < 4.78 is 21.6. The number of fused-ring (bicyclic) bond motifs is 8. The summed E-state index contributed by atoms with van der Waals surface area (Å²) in [5.41, 5.74) is 14.7. The first kappa shape index (κ1) is 31.7. The van der Waals surface area contributed by atoms with Crippen LogP contribution in [-0.4, -0.2) is 15.6 Å². The zero-order valence-electron chi connectivity index (χ0n) is 27.8. The van der Waals surface area contributed by atoms with E-state index in [-0.39, 0.29) is 12.4 Å². The maximum Gasteiger partial charge on any atom is 0.418 e. The molecule has 0 radical (unpaired) electrons. The van der Waals surface area contributed by atoms with E-state index in [4.69, 9.17) is 10.5 Å². The van der Waals surface area contributed by atoms with E-state index in [0.717, 1.165) is 81.2 Å². The molecule has 5 aromatic carbocycles. The Morgan fingerprint density at radius 3 is 2.44 bits per heavy atom. The monoisotopic (exact) mass is 659 g/mol. The molecule has 0 saturated heterocycles. The second kappa shape index (κ2) is 13.7. The number of para-hydroxylation sites is 1. The third-order valence-corrected chi connectivity index (χ3v) is 10.1. The van der Waals surface area contributed by atoms with Crippen molar-refractivity contribution in [2.45, 2.75) is 51.2 Å². The molecule has 2 aliphatic carbocycles. The number of carbonyl (C=O) groups is 1. The molecule has 4 aliphatic rings. The highest BCUT2D eigenvalue weighted by molar-refractivity contribution is 5.97. The first-order valence-electron chi connectivity index (χ1n) is 17.4. The number of benzene rings is 5. The standard InChI is InChI=1S/C25H24FN.C19H14N2O2/c26-25-14-24-20-7-3-6-18(17-10-8-16(15-27)9-11-17)21(20)12-13-22(24)19-4-1-2-5-23(19)25;22-19(23-13-14-6-2-1-3-7-14)21-11-10-16-15-8-4-5-9-17(15)20-18(16)12-21/h4-5,8-14,18H,1-3,6-7,15,27H2;1-12H,13H2. The molecule has 0 fully saturated rings. The van der Waals surface area contributed by atoms with E-state index in [1.54, 1.807) is 18.5 Å². The number of pyridine rings is 1. The number of hydrogen-bond donors (Lipinski definition) is 1. The molecule has 0 spiro atoms. The average molecular weight is 660 g/mol. The van der Waals surface area contributed by atoms with Gasteiger partial charge in [-0.2, -0.15) is 0 Å². The summed E-state index contributed by atoms with van der Waals surface area (Å²) in [5.74, 6) is 0.316. The van der Waals surface area contributed by atoms with E-state index < -0.39 is 6.09 Å². The predicted molar refractivity (Wildman–Crippen MR) is 199 cm³/mol. The Morgan fingerprint density at radius 2 is 1.62 bits per heavy atom. The Morgan fingerprint density at radius 1 is 0.840 bits per heavy atom. The van der Waals surface area contributed by atoms with Crippen molar-refractivity contribution in [3.8, 4) is 11.3 Å². The number of ether oxygens (including phenoxy) is 1. The highest BCUT2D eigenvalue weighted by Gasteiger charge is 2.24. The lowest BCUT2D eigenvalue weighted by Gasteiger charge is -2.27. The van der Waals surface area contributed by atoms with Gasteiger partial charge in [-0.05, 0) is 94.1 Å². The minimum Gasteiger partial charge on any atom is -0.444 e. The van der Waals surface area contributed by atoms with Crippen molar-refractivity contribution in [1.82, 2.24) is 9.55 Å². The Hall–Kier alpha value is -5.59. The molecule has 0 saturated carbocycles. The Bertz CT molecular complexity index is 2430. The fraction of sp³-hybridized carbons (Fsp3) is 0.182. The Labute approximate surface area is 290 Å². The molecule has 5 nitrogen and oxygen atoms in total. The van der Waals surface area contributed by atoms with Crippen LogP contribution in [0, 0.1) is 5.82 Å². The van der Waals surface area contributed by atoms with Crippen LogP contribution in [-0.2, 0) is 24.3 Å². The van der Waals surface area contributed by atoms with Crippen molar-refractivity contribution in [2.75, 3.05) is 0 Å². The molecule has 9 rings (SSSR count). The van der Waals surface area contributed by atoms with E-state index in [9.17, 15) is 9.18 Å². The molecule has 0 bridgehead atoms. The van der Waals surface area contributed by atoms with Crippen LogP contribution in [0.4, 0.5) is 9.18 Å². The summed E-state index contributed by atoms with van der Waals surface area (Å²) >= 11 is 0. The lowest BCUT2D eigenvalue weighted by Crippen LogP contribution is -2.31. The SMILES string of the molecule is NCc1ccc(C2CCCc3c2ccc2c4c(c(F)cc32)=CCCC=4)cc1.O=C(OCc1ccccc1)n1ccc2c3ccccc3nc-2c1. The summed E-state index contributed by atoms with van der Waals surface area (Å²) in [7, 11) is 0. The number of rotatable bonds is 4. The third kappa shape index (κ3) is 6.08. The Kier molecular flexibility index (Phi) is 8.69. The van der Waals surface area contributed by atoms with Crippen molar-refractivity contribution in [1.29, 1.82) is 0 Å². The van der Waals surface area contributed by atoms with E-state index in [2.05, 4.69) is 47.5 Å². The van der Waals surface area contributed by atoms with Crippen LogP contribution in [0.25, 0.3) is 45.1 Å². The molecule has 0 amide bonds. The smallest absolute Gasteiger partial charge is 0.418 e. The minimum atomic E-state index is -0.414. The summed E-state index contributed by atoms with van der Waals surface area (Å²) in [6, 6.07) is 34.4. The van der Waals surface area contributed by atoms with E-state index in [1.165, 1.54) is 26.6 Å². The second-order valence-corrected chi connectivity index (χ2v) is 13.1. The van der Waals surface area contributed by atoms with Crippen LogP contribution >= 0.6 is 0 Å². The maximum atomic E-state index is 14.8. The van der Waals surface area contributed by atoms with Gasteiger partial charge in [0, 0.05) is 41.0 Å². The summed E-state index contributed by atoms with van der Waals surface area (Å²) in [6.45, 7) is 0.825. The first-order valence-corrected chi connectivity index (χ1v) is 17.4. The van der Waals surface area contributed by atoms with Crippen molar-refractivity contribution in [2.24, 2.45) is 5.73 Å². The fourth-order valence-electron chi connectivity index (χ4n) is 7.56. The van der Waals surface area contributed by atoms with Crippen molar-refractivity contribution < 1.29 is 13.9 Å². The number of hydrogen-bond acceptors (Lipinski definition) is 4. The average Bonchev–Trinajstić information content (AvgIpc) is 3.55. The number of carbonyl (C=O) groups excluding carboxylic acids is 1. The molecular weight excluding hydrogens is 622 g/mol. The summed E-state index contributed by atoms with van der Waals surface area (Å²) in [5, 5.41) is 5.29. The van der Waals surface area contributed by atoms with Crippen molar-refractivity contribution in [3.05, 3.63) is 160 Å². The molecule has 50 heavy (non-hydrogen) atoms. The molecule has 1 unspecified atom stereocenters. The highest BCUT2D eigenvalue weighted by Crippen LogP contribution is 2.39. The largest absolute Gasteiger partial charge is 0.444 e. The van der Waals surface area contributed by atoms with E-state index in [1.807, 2.05) is 66.7 Å². The molecule has 2 heterocycles. The zero-order chi connectivity index (χ0) is 34.0. The number of halogens is 1. The number of nitrogens with zero attached hydrogens (tertiary/aromatic N) is 2. The van der Waals surface area contributed by atoms with Crippen LogP contribution in [0.1, 0.15) is 59.4 Å². The fourth-order valence-corrected chi connectivity index (χ4v) is 7.56. The van der Waals surface area contributed by atoms with Gasteiger partial charge in [0.05, 0.1) is 11.2 Å². The van der Waals surface area contributed by atoms with Gasteiger partial charge in [-0.25, -0.2) is 14.2 Å².